The highest BCUT2D eigenvalue weighted by Gasteiger charge is 2.16. The first-order valence-corrected chi connectivity index (χ1v) is 4.91. The van der Waals surface area contributed by atoms with Gasteiger partial charge in [0.15, 0.2) is 0 Å². The van der Waals surface area contributed by atoms with Gasteiger partial charge in [-0.2, -0.15) is 0 Å². The molecule has 0 radical (unpaired) electrons. The van der Waals surface area contributed by atoms with E-state index in [9.17, 15) is 4.79 Å². The summed E-state index contributed by atoms with van der Waals surface area (Å²) < 4.78 is 0. The minimum Gasteiger partial charge on any atom is -0.410 e. The second-order valence-corrected chi connectivity index (χ2v) is 4.05. The molecule has 0 unspecified atom stereocenters. The van der Waals surface area contributed by atoms with E-state index in [4.69, 9.17) is 16.7 Å². The molecule has 0 spiro atoms. The van der Waals surface area contributed by atoms with Gasteiger partial charge in [-0.15, -0.1) is 5.10 Å². The molecule has 0 aliphatic rings. The van der Waals surface area contributed by atoms with Crippen LogP contribution in [0.1, 0.15) is 13.8 Å². The Morgan fingerprint density at radius 2 is 1.94 bits per heavy atom. The molecule has 0 aliphatic carbocycles. The number of rotatable bonds is 1. The van der Waals surface area contributed by atoms with E-state index in [-0.39, 0.29) is 0 Å². The molecule has 2 aromatic rings. The van der Waals surface area contributed by atoms with Crippen LogP contribution in [0.5, 0.6) is 0 Å². The zero-order chi connectivity index (χ0) is 13.1. The van der Waals surface area contributed by atoms with Crippen LogP contribution in [0, 0.1) is 0 Å². The number of carbonyl (C=O) groups excluding carboxylic acids is 1. The van der Waals surface area contributed by atoms with Crippen LogP contribution < -0.4 is 11.5 Å². The van der Waals surface area contributed by atoms with Crippen molar-refractivity contribution < 1.29 is 10.0 Å². The molecule has 0 saturated heterocycles. The van der Waals surface area contributed by atoms with E-state index < -0.39 is 11.4 Å². The fraction of sp³-hybridized carbons (Fsp3) is 0.300. The zero-order valence-corrected chi connectivity index (χ0v) is 9.66. The molecule has 1 heterocycles. The Bertz CT molecular complexity index is 515. The standard InChI is InChI=1S/C6H5N3O.C4H10N2O/c10-9-6-4-2-1-3-5(6)7-8-9;1-4(2,6)3(5)7/h1-4,10H;6H2,1-2H3,(H2,5,7). The Balaban J connectivity index is 0.000000185. The topological polar surface area (TPSA) is 120 Å². The maximum atomic E-state index is 10.1. The lowest BCUT2D eigenvalue weighted by Gasteiger charge is -2.10. The van der Waals surface area contributed by atoms with E-state index >= 15 is 0 Å². The minimum absolute atomic E-state index is 0.479. The first kappa shape index (κ1) is 12.9. The molecule has 5 N–H and O–H groups in total. The van der Waals surface area contributed by atoms with Gasteiger partial charge in [0.25, 0.3) is 0 Å². The van der Waals surface area contributed by atoms with Gasteiger partial charge < -0.3 is 16.7 Å². The van der Waals surface area contributed by atoms with Gasteiger partial charge in [0.05, 0.1) is 5.54 Å². The molecule has 0 saturated carbocycles. The van der Waals surface area contributed by atoms with E-state index in [0.717, 1.165) is 4.85 Å². The first-order chi connectivity index (χ1) is 7.82. The van der Waals surface area contributed by atoms with Crippen molar-refractivity contribution in [3.05, 3.63) is 24.3 Å². The molecule has 0 atom stereocenters. The SMILES string of the molecule is CC(C)(N)C(N)=O.On1nnc2ccccc21. The highest BCUT2D eigenvalue weighted by Crippen LogP contribution is 2.06. The molecule has 92 valence electrons. The monoisotopic (exact) mass is 237 g/mol. The number of fused-ring (bicyclic) bond motifs is 1. The lowest BCUT2D eigenvalue weighted by atomic mass is 10.1. The van der Waals surface area contributed by atoms with Crippen LogP contribution in [0.15, 0.2) is 24.3 Å². The van der Waals surface area contributed by atoms with Crippen LogP contribution in [0.25, 0.3) is 11.0 Å². The average molecular weight is 237 g/mol. The molecule has 0 fully saturated rings. The van der Waals surface area contributed by atoms with E-state index in [1.54, 1.807) is 26.0 Å². The minimum atomic E-state index is -0.861. The van der Waals surface area contributed by atoms with Gasteiger partial charge in [-0.3, -0.25) is 4.79 Å². The number of para-hydroxylation sites is 1. The third-order valence-corrected chi connectivity index (χ3v) is 1.97. The number of primary amides is 1. The summed E-state index contributed by atoms with van der Waals surface area (Å²) in [5.41, 5.74) is 10.5. The summed E-state index contributed by atoms with van der Waals surface area (Å²) in [6.07, 6.45) is 0. The number of benzene rings is 1. The van der Waals surface area contributed by atoms with Gasteiger partial charge in [0.2, 0.25) is 5.91 Å². The summed E-state index contributed by atoms with van der Waals surface area (Å²) in [6, 6.07) is 7.19. The van der Waals surface area contributed by atoms with E-state index in [2.05, 4.69) is 10.3 Å². The quantitative estimate of drug-likeness (QED) is 0.597. The van der Waals surface area contributed by atoms with Crippen molar-refractivity contribution >= 4 is 16.9 Å². The Kier molecular flexibility index (Phi) is 3.64. The third-order valence-electron chi connectivity index (χ3n) is 1.97. The second kappa shape index (κ2) is 4.79. The van der Waals surface area contributed by atoms with Gasteiger partial charge in [0, 0.05) is 0 Å². The van der Waals surface area contributed by atoms with Gasteiger partial charge in [-0.05, 0) is 31.2 Å². The van der Waals surface area contributed by atoms with Crippen molar-refractivity contribution in [2.24, 2.45) is 11.5 Å². The lowest BCUT2D eigenvalue weighted by Crippen LogP contribution is -2.46. The number of nitrogens with two attached hydrogens (primary N) is 2. The Morgan fingerprint density at radius 3 is 2.41 bits per heavy atom. The van der Waals surface area contributed by atoms with E-state index in [1.807, 2.05) is 12.1 Å². The van der Waals surface area contributed by atoms with Crippen LogP contribution in [-0.4, -0.2) is 31.8 Å². The molecular weight excluding hydrogens is 222 g/mol. The maximum Gasteiger partial charge on any atom is 0.236 e. The van der Waals surface area contributed by atoms with Crippen molar-refractivity contribution in [2.45, 2.75) is 19.4 Å². The van der Waals surface area contributed by atoms with Crippen molar-refractivity contribution in [1.82, 2.24) is 15.2 Å². The van der Waals surface area contributed by atoms with Crippen LogP contribution in [0.3, 0.4) is 0 Å². The third kappa shape index (κ3) is 3.42. The first-order valence-electron chi connectivity index (χ1n) is 4.91. The summed E-state index contributed by atoms with van der Waals surface area (Å²) in [7, 11) is 0. The Morgan fingerprint density at radius 1 is 1.41 bits per heavy atom. The number of nitrogens with zero attached hydrogens (tertiary/aromatic N) is 3. The number of amides is 1. The molecule has 1 amide bonds. The summed E-state index contributed by atoms with van der Waals surface area (Å²) in [5, 5.41) is 16.1. The smallest absolute Gasteiger partial charge is 0.236 e. The van der Waals surface area contributed by atoms with E-state index in [0.29, 0.717) is 11.0 Å². The predicted molar refractivity (Wildman–Crippen MR) is 62.2 cm³/mol. The molecule has 17 heavy (non-hydrogen) atoms. The summed E-state index contributed by atoms with van der Waals surface area (Å²) in [4.78, 5) is 10.9. The Labute approximate surface area is 98.0 Å². The van der Waals surface area contributed by atoms with Gasteiger partial charge in [0.1, 0.15) is 11.0 Å². The molecule has 1 aromatic heterocycles. The zero-order valence-electron chi connectivity index (χ0n) is 9.66. The Hall–Kier alpha value is -2.15. The molecule has 7 nitrogen and oxygen atoms in total. The second-order valence-electron chi connectivity index (χ2n) is 4.05. The lowest BCUT2D eigenvalue weighted by molar-refractivity contribution is -0.121. The summed E-state index contributed by atoms with van der Waals surface area (Å²) >= 11 is 0. The summed E-state index contributed by atoms with van der Waals surface area (Å²) in [6.45, 7) is 3.13. The molecular formula is C10H15N5O2. The molecule has 0 bridgehead atoms. The van der Waals surface area contributed by atoms with Crippen molar-refractivity contribution in [3.63, 3.8) is 0 Å². The number of carbonyl (C=O) groups is 1. The van der Waals surface area contributed by atoms with Gasteiger partial charge >= 0.3 is 0 Å². The van der Waals surface area contributed by atoms with Crippen molar-refractivity contribution in [2.75, 3.05) is 0 Å². The largest absolute Gasteiger partial charge is 0.410 e. The molecule has 1 aromatic carbocycles. The van der Waals surface area contributed by atoms with Crippen LogP contribution in [0.2, 0.25) is 0 Å². The number of hydrogen-bond donors (Lipinski definition) is 3. The van der Waals surface area contributed by atoms with E-state index in [1.165, 1.54) is 0 Å². The molecule has 0 aliphatic heterocycles. The molecule has 2 rings (SSSR count). The predicted octanol–water partition coefficient (Wildman–Crippen LogP) is -0.122. The van der Waals surface area contributed by atoms with Crippen LogP contribution >= 0.6 is 0 Å². The number of aromatic nitrogens is 3. The summed E-state index contributed by atoms with van der Waals surface area (Å²) in [5.74, 6) is -0.479. The van der Waals surface area contributed by atoms with Crippen LogP contribution in [0.4, 0.5) is 0 Å². The normalized spacial score (nSPS) is 10.8. The highest BCUT2D eigenvalue weighted by atomic mass is 16.5. The average Bonchev–Trinajstić information content (AvgIpc) is 2.61. The van der Waals surface area contributed by atoms with Crippen molar-refractivity contribution in [1.29, 1.82) is 0 Å². The highest BCUT2D eigenvalue weighted by molar-refractivity contribution is 5.83. The fourth-order valence-electron chi connectivity index (χ4n) is 0.857. The van der Waals surface area contributed by atoms with Crippen LogP contribution in [-0.2, 0) is 4.79 Å². The maximum absolute atomic E-state index is 10.1. The van der Waals surface area contributed by atoms with Gasteiger partial charge in [-0.25, -0.2) is 0 Å². The van der Waals surface area contributed by atoms with Gasteiger partial charge in [-0.1, -0.05) is 17.0 Å². The molecule has 7 heteroatoms. The fourth-order valence-corrected chi connectivity index (χ4v) is 0.857. The van der Waals surface area contributed by atoms with Crippen molar-refractivity contribution in [3.8, 4) is 0 Å². The number of hydrogen-bond acceptors (Lipinski definition) is 5.